The van der Waals surface area contributed by atoms with E-state index < -0.39 is 17.7 Å². The number of rotatable bonds is 4. The van der Waals surface area contributed by atoms with Crippen LogP contribution in [0.1, 0.15) is 19.3 Å². The maximum Gasteiger partial charge on any atom is 0.319 e. The van der Waals surface area contributed by atoms with Gasteiger partial charge in [0.05, 0.1) is 5.69 Å². The Labute approximate surface area is 110 Å². The van der Waals surface area contributed by atoms with Crippen LogP contribution in [0.25, 0.3) is 0 Å². The van der Waals surface area contributed by atoms with Crippen molar-refractivity contribution in [1.82, 2.24) is 10.6 Å². The van der Waals surface area contributed by atoms with Gasteiger partial charge in [0.1, 0.15) is 11.6 Å². The summed E-state index contributed by atoms with van der Waals surface area (Å²) in [6.07, 6.45) is 3.13. The van der Waals surface area contributed by atoms with Crippen molar-refractivity contribution in [2.45, 2.75) is 25.3 Å². The lowest BCUT2D eigenvalue weighted by Gasteiger charge is -2.11. The first-order valence-electron chi connectivity index (χ1n) is 6.38. The summed E-state index contributed by atoms with van der Waals surface area (Å²) in [5.74, 6) is -1.46. The first kappa shape index (κ1) is 13.7. The van der Waals surface area contributed by atoms with Crippen molar-refractivity contribution in [3.05, 3.63) is 29.8 Å². The van der Waals surface area contributed by atoms with E-state index in [1.165, 1.54) is 6.07 Å². The number of nitrogens with one attached hydrogen (secondary N) is 3. The van der Waals surface area contributed by atoms with Crippen LogP contribution in [0.3, 0.4) is 0 Å². The highest BCUT2D eigenvalue weighted by Crippen LogP contribution is 2.14. The highest BCUT2D eigenvalue weighted by Gasteiger charge is 2.14. The molecular weight excluding hydrogens is 252 g/mol. The summed E-state index contributed by atoms with van der Waals surface area (Å²) in [5.41, 5.74) is -0.0297. The number of benzene rings is 1. The molecule has 0 unspecified atom stereocenters. The van der Waals surface area contributed by atoms with Crippen LogP contribution in [0, 0.1) is 11.6 Å². The molecule has 0 spiro atoms. The molecule has 1 saturated heterocycles. The van der Waals surface area contributed by atoms with Gasteiger partial charge in [0, 0.05) is 18.7 Å². The molecule has 2 rings (SSSR count). The Morgan fingerprint density at radius 2 is 2.26 bits per heavy atom. The van der Waals surface area contributed by atoms with Crippen LogP contribution >= 0.6 is 0 Å². The molecule has 0 bridgehead atoms. The van der Waals surface area contributed by atoms with Crippen molar-refractivity contribution in [3.63, 3.8) is 0 Å². The molecule has 0 aromatic heterocycles. The predicted octanol–water partition coefficient (Wildman–Crippen LogP) is 2.23. The number of anilines is 1. The zero-order valence-corrected chi connectivity index (χ0v) is 10.5. The fourth-order valence-corrected chi connectivity index (χ4v) is 2.12. The van der Waals surface area contributed by atoms with Gasteiger partial charge >= 0.3 is 6.03 Å². The Morgan fingerprint density at radius 1 is 1.42 bits per heavy atom. The average molecular weight is 269 g/mol. The number of hydrogen-bond donors (Lipinski definition) is 3. The van der Waals surface area contributed by atoms with Crippen molar-refractivity contribution in [3.8, 4) is 0 Å². The molecule has 3 N–H and O–H groups in total. The van der Waals surface area contributed by atoms with E-state index in [1.54, 1.807) is 0 Å². The first-order chi connectivity index (χ1) is 9.15. The van der Waals surface area contributed by atoms with Gasteiger partial charge in [-0.15, -0.1) is 0 Å². The minimum Gasteiger partial charge on any atom is -0.338 e. The van der Waals surface area contributed by atoms with Gasteiger partial charge in [-0.25, -0.2) is 13.6 Å². The summed E-state index contributed by atoms with van der Waals surface area (Å²) in [6, 6.07) is 2.99. The molecule has 1 atom stereocenters. The molecule has 1 aromatic carbocycles. The molecule has 0 aliphatic carbocycles. The number of urea groups is 1. The van der Waals surface area contributed by atoms with Gasteiger partial charge in [-0.3, -0.25) is 0 Å². The summed E-state index contributed by atoms with van der Waals surface area (Å²) < 4.78 is 26.0. The monoisotopic (exact) mass is 269 g/mol. The Bertz CT molecular complexity index is 448. The molecule has 1 aliphatic heterocycles. The Morgan fingerprint density at radius 3 is 2.95 bits per heavy atom. The summed E-state index contributed by atoms with van der Waals surface area (Å²) in [7, 11) is 0. The van der Waals surface area contributed by atoms with Crippen LogP contribution in [-0.4, -0.2) is 25.2 Å². The van der Waals surface area contributed by atoms with Gasteiger partial charge in [0.2, 0.25) is 0 Å². The smallest absolute Gasteiger partial charge is 0.319 e. The van der Waals surface area contributed by atoms with E-state index in [0.29, 0.717) is 12.6 Å². The van der Waals surface area contributed by atoms with E-state index in [4.69, 9.17) is 0 Å². The van der Waals surface area contributed by atoms with Crippen LogP contribution < -0.4 is 16.0 Å². The lowest BCUT2D eigenvalue weighted by Crippen LogP contribution is -2.33. The topological polar surface area (TPSA) is 53.2 Å². The van der Waals surface area contributed by atoms with E-state index in [1.807, 2.05) is 0 Å². The standard InChI is InChI=1S/C13H17F2N3O/c14-9-3-4-12(11(15)8-9)18-13(19)17-7-5-10-2-1-6-16-10/h3-4,8,10,16H,1-2,5-7H2,(H2,17,18,19)/t10-/m1/s1. The minimum atomic E-state index is -0.785. The third-order valence-corrected chi connectivity index (χ3v) is 3.12. The van der Waals surface area contributed by atoms with Crippen molar-refractivity contribution in [2.24, 2.45) is 0 Å². The fourth-order valence-electron chi connectivity index (χ4n) is 2.12. The van der Waals surface area contributed by atoms with Crippen molar-refractivity contribution in [2.75, 3.05) is 18.4 Å². The summed E-state index contributed by atoms with van der Waals surface area (Å²) in [6.45, 7) is 1.55. The Kier molecular flexibility index (Phi) is 4.68. The van der Waals surface area contributed by atoms with Crippen molar-refractivity contribution >= 4 is 11.7 Å². The molecule has 0 saturated carbocycles. The first-order valence-corrected chi connectivity index (χ1v) is 6.38. The van der Waals surface area contributed by atoms with E-state index in [9.17, 15) is 13.6 Å². The number of hydrogen-bond acceptors (Lipinski definition) is 2. The van der Waals surface area contributed by atoms with Crippen molar-refractivity contribution < 1.29 is 13.6 Å². The van der Waals surface area contributed by atoms with Crippen LogP contribution in [0.4, 0.5) is 19.3 Å². The van der Waals surface area contributed by atoms with Crippen LogP contribution in [0.2, 0.25) is 0 Å². The lowest BCUT2D eigenvalue weighted by molar-refractivity contribution is 0.251. The van der Waals surface area contributed by atoms with E-state index >= 15 is 0 Å². The largest absolute Gasteiger partial charge is 0.338 e. The summed E-state index contributed by atoms with van der Waals surface area (Å²) in [5, 5.41) is 8.32. The zero-order chi connectivity index (χ0) is 13.7. The highest BCUT2D eigenvalue weighted by molar-refractivity contribution is 5.89. The number of halogens is 2. The molecule has 104 valence electrons. The molecule has 0 radical (unpaired) electrons. The van der Waals surface area contributed by atoms with Crippen molar-refractivity contribution in [1.29, 1.82) is 0 Å². The SMILES string of the molecule is O=C(NCC[C@H]1CCCN1)Nc1ccc(F)cc1F. The van der Waals surface area contributed by atoms with Crippen LogP contribution in [-0.2, 0) is 0 Å². The quantitative estimate of drug-likeness (QED) is 0.785. The van der Waals surface area contributed by atoms with Crippen LogP contribution in [0.5, 0.6) is 0 Å². The number of amides is 2. The molecule has 2 amide bonds. The van der Waals surface area contributed by atoms with Gasteiger partial charge in [-0.05, 0) is 37.9 Å². The minimum absolute atomic E-state index is 0.0297. The normalized spacial score (nSPS) is 18.3. The molecule has 1 aromatic rings. The lowest BCUT2D eigenvalue weighted by atomic mass is 10.1. The molecule has 1 fully saturated rings. The van der Waals surface area contributed by atoms with E-state index in [0.717, 1.165) is 37.9 Å². The summed E-state index contributed by atoms with van der Waals surface area (Å²) >= 11 is 0. The maximum absolute atomic E-state index is 13.3. The Balaban J connectivity index is 1.74. The predicted molar refractivity (Wildman–Crippen MR) is 69.0 cm³/mol. The molecule has 1 heterocycles. The summed E-state index contributed by atoms with van der Waals surface area (Å²) in [4.78, 5) is 11.5. The zero-order valence-electron chi connectivity index (χ0n) is 10.5. The number of carbonyl (C=O) groups is 1. The third kappa shape index (κ3) is 4.17. The molecular formula is C13H17F2N3O. The second-order valence-corrected chi connectivity index (χ2v) is 4.59. The highest BCUT2D eigenvalue weighted by atomic mass is 19.1. The Hall–Kier alpha value is -1.69. The van der Waals surface area contributed by atoms with Gasteiger partial charge in [0.25, 0.3) is 0 Å². The van der Waals surface area contributed by atoms with Gasteiger partial charge < -0.3 is 16.0 Å². The molecule has 1 aliphatic rings. The molecule has 19 heavy (non-hydrogen) atoms. The van der Waals surface area contributed by atoms with Gasteiger partial charge in [-0.2, -0.15) is 0 Å². The third-order valence-electron chi connectivity index (χ3n) is 3.12. The van der Waals surface area contributed by atoms with E-state index in [2.05, 4.69) is 16.0 Å². The van der Waals surface area contributed by atoms with E-state index in [-0.39, 0.29) is 5.69 Å². The van der Waals surface area contributed by atoms with Gasteiger partial charge in [0.15, 0.2) is 0 Å². The van der Waals surface area contributed by atoms with Crippen LogP contribution in [0.15, 0.2) is 18.2 Å². The second-order valence-electron chi connectivity index (χ2n) is 4.59. The average Bonchev–Trinajstić information content (AvgIpc) is 2.86. The molecule has 6 heteroatoms. The second kappa shape index (κ2) is 6.47. The number of carbonyl (C=O) groups excluding carboxylic acids is 1. The molecule has 4 nitrogen and oxygen atoms in total. The fraction of sp³-hybridized carbons (Fsp3) is 0.462. The van der Waals surface area contributed by atoms with Gasteiger partial charge in [-0.1, -0.05) is 0 Å². The maximum atomic E-state index is 13.3.